The molecule has 0 aliphatic heterocycles. The smallest absolute Gasteiger partial charge is 0.358 e. The lowest BCUT2D eigenvalue weighted by Gasteiger charge is -2.16. The van der Waals surface area contributed by atoms with Gasteiger partial charge in [0.1, 0.15) is 11.5 Å². The van der Waals surface area contributed by atoms with Crippen LogP contribution in [0.3, 0.4) is 0 Å². The van der Waals surface area contributed by atoms with E-state index in [2.05, 4.69) is 0 Å². The molecule has 0 atom stereocenters. The minimum Gasteiger partial charge on any atom is -0.358 e. The maximum Gasteiger partial charge on any atom is 0.500 e. The molecule has 2 aliphatic rings. The summed E-state index contributed by atoms with van der Waals surface area (Å²) in [5.41, 5.74) is 0. The van der Waals surface area contributed by atoms with Crippen molar-refractivity contribution in [3.8, 4) is 0 Å². The Balaban J connectivity index is 1.94. The van der Waals surface area contributed by atoms with E-state index < -0.39 is 10.4 Å². The molecule has 0 saturated heterocycles. The normalized spacial score (nSPS) is 21.4. The van der Waals surface area contributed by atoms with Crippen molar-refractivity contribution in [2.75, 3.05) is 0 Å². The second-order valence-electron chi connectivity index (χ2n) is 4.41. The van der Waals surface area contributed by atoms with Crippen LogP contribution in [0.1, 0.15) is 51.4 Å². The van der Waals surface area contributed by atoms with Crippen LogP contribution in [0, 0.1) is 0 Å². The fraction of sp³-hybridized carbons (Fsp3) is 0.667. The van der Waals surface area contributed by atoms with Gasteiger partial charge in [-0.1, -0.05) is 0 Å². The van der Waals surface area contributed by atoms with Crippen molar-refractivity contribution in [2.45, 2.75) is 51.4 Å². The topological polar surface area (TPSA) is 52.6 Å². The molecule has 0 bridgehead atoms. The first-order valence-electron chi connectivity index (χ1n) is 6.18. The van der Waals surface area contributed by atoms with Gasteiger partial charge in [0.2, 0.25) is 0 Å². The van der Waals surface area contributed by atoms with E-state index in [9.17, 15) is 8.42 Å². The summed E-state index contributed by atoms with van der Waals surface area (Å²) in [4.78, 5) is 0. The highest BCUT2D eigenvalue weighted by atomic mass is 32.3. The van der Waals surface area contributed by atoms with Crippen LogP contribution >= 0.6 is 0 Å². The summed E-state index contributed by atoms with van der Waals surface area (Å²) in [6.07, 6.45) is 10.9. The van der Waals surface area contributed by atoms with Crippen molar-refractivity contribution in [3.05, 3.63) is 23.7 Å². The molecular formula is C12H18O4S. The van der Waals surface area contributed by atoms with Crippen molar-refractivity contribution < 1.29 is 16.8 Å². The summed E-state index contributed by atoms with van der Waals surface area (Å²) >= 11 is 0. The van der Waals surface area contributed by atoms with Crippen LogP contribution in [0.15, 0.2) is 23.7 Å². The van der Waals surface area contributed by atoms with E-state index in [0.29, 0.717) is 24.4 Å². The zero-order chi connectivity index (χ0) is 12.1. The summed E-state index contributed by atoms with van der Waals surface area (Å²) in [7, 11) is -3.92. The molecule has 96 valence electrons. The van der Waals surface area contributed by atoms with Gasteiger partial charge < -0.3 is 8.37 Å². The third kappa shape index (κ3) is 4.07. The molecule has 2 rings (SSSR count). The zero-order valence-electron chi connectivity index (χ0n) is 9.85. The van der Waals surface area contributed by atoms with Gasteiger partial charge >= 0.3 is 10.4 Å². The van der Waals surface area contributed by atoms with Gasteiger partial charge in [-0.3, -0.25) is 0 Å². The SMILES string of the molecule is O=S(=O)(OC1=CCCCC1)OC1=CCCCC1. The summed E-state index contributed by atoms with van der Waals surface area (Å²) in [5.74, 6) is 1.04. The van der Waals surface area contributed by atoms with Crippen LogP contribution < -0.4 is 0 Å². The Morgan fingerprint density at radius 3 is 1.65 bits per heavy atom. The second kappa shape index (κ2) is 5.58. The van der Waals surface area contributed by atoms with E-state index in [4.69, 9.17) is 8.37 Å². The lowest BCUT2D eigenvalue weighted by atomic mass is 10.1. The Kier molecular flexibility index (Phi) is 4.10. The van der Waals surface area contributed by atoms with Gasteiger partial charge in [-0.15, -0.1) is 8.42 Å². The van der Waals surface area contributed by atoms with Crippen molar-refractivity contribution in [1.29, 1.82) is 0 Å². The molecule has 0 aromatic heterocycles. The monoisotopic (exact) mass is 258 g/mol. The second-order valence-corrected chi connectivity index (χ2v) is 5.56. The zero-order valence-corrected chi connectivity index (χ0v) is 10.7. The molecule has 0 unspecified atom stereocenters. The average Bonchev–Trinajstić information content (AvgIpc) is 2.30. The van der Waals surface area contributed by atoms with Crippen molar-refractivity contribution in [2.24, 2.45) is 0 Å². The Morgan fingerprint density at radius 2 is 1.29 bits per heavy atom. The first-order chi connectivity index (χ1) is 8.16. The predicted molar refractivity (Wildman–Crippen MR) is 64.2 cm³/mol. The van der Waals surface area contributed by atoms with E-state index in [1.165, 1.54) is 0 Å². The van der Waals surface area contributed by atoms with E-state index in [-0.39, 0.29) is 0 Å². The minimum atomic E-state index is -3.92. The highest BCUT2D eigenvalue weighted by Crippen LogP contribution is 2.24. The molecule has 0 spiro atoms. The van der Waals surface area contributed by atoms with Gasteiger partial charge in [-0.2, -0.15) is 0 Å². The average molecular weight is 258 g/mol. The first kappa shape index (κ1) is 12.5. The van der Waals surface area contributed by atoms with Crippen LogP contribution in [0.5, 0.6) is 0 Å². The predicted octanol–water partition coefficient (Wildman–Crippen LogP) is 3.18. The molecule has 17 heavy (non-hydrogen) atoms. The van der Waals surface area contributed by atoms with Crippen molar-refractivity contribution >= 4 is 10.4 Å². The largest absolute Gasteiger partial charge is 0.500 e. The van der Waals surface area contributed by atoms with Gasteiger partial charge in [-0.25, -0.2) is 0 Å². The highest BCUT2D eigenvalue weighted by Gasteiger charge is 2.20. The Labute approximate surface area is 103 Å². The quantitative estimate of drug-likeness (QED) is 0.777. The molecule has 0 heterocycles. The summed E-state index contributed by atoms with van der Waals surface area (Å²) in [6.45, 7) is 0. The van der Waals surface area contributed by atoms with Gasteiger partial charge in [0.05, 0.1) is 0 Å². The molecule has 0 aromatic carbocycles. The van der Waals surface area contributed by atoms with E-state index >= 15 is 0 Å². The third-order valence-electron chi connectivity index (χ3n) is 2.92. The maximum atomic E-state index is 11.6. The van der Waals surface area contributed by atoms with Crippen molar-refractivity contribution in [3.63, 3.8) is 0 Å². The molecular weight excluding hydrogens is 240 g/mol. The lowest BCUT2D eigenvalue weighted by molar-refractivity contribution is 0.276. The van der Waals surface area contributed by atoms with Crippen LogP contribution in [0.25, 0.3) is 0 Å². The Bertz CT molecular complexity index is 386. The van der Waals surface area contributed by atoms with E-state index in [1.54, 1.807) is 0 Å². The summed E-state index contributed by atoms with van der Waals surface area (Å²) < 4.78 is 33.2. The molecule has 0 N–H and O–H groups in total. The van der Waals surface area contributed by atoms with Gasteiger partial charge in [0.15, 0.2) is 0 Å². The summed E-state index contributed by atoms with van der Waals surface area (Å²) in [5, 5.41) is 0. The summed E-state index contributed by atoms with van der Waals surface area (Å²) in [6, 6.07) is 0. The number of allylic oxidation sites excluding steroid dienone is 4. The van der Waals surface area contributed by atoms with Crippen molar-refractivity contribution in [1.82, 2.24) is 0 Å². The van der Waals surface area contributed by atoms with Gasteiger partial charge in [0.25, 0.3) is 0 Å². The first-order valence-corrected chi connectivity index (χ1v) is 7.51. The van der Waals surface area contributed by atoms with Crippen LogP contribution in [-0.4, -0.2) is 8.42 Å². The molecule has 0 saturated carbocycles. The van der Waals surface area contributed by atoms with Gasteiger partial charge in [0, 0.05) is 12.8 Å². The third-order valence-corrected chi connectivity index (χ3v) is 3.75. The Morgan fingerprint density at radius 1 is 0.824 bits per heavy atom. The molecule has 0 amide bonds. The fourth-order valence-electron chi connectivity index (χ4n) is 2.05. The fourth-order valence-corrected chi connectivity index (χ4v) is 2.91. The number of hydrogen-bond donors (Lipinski definition) is 0. The van der Waals surface area contributed by atoms with Crippen LogP contribution in [-0.2, 0) is 18.8 Å². The maximum absolute atomic E-state index is 11.6. The standard InChI is InChI=1S/C12H18O4S/c13-17(14,15-11-7-3-1-4-8-11)16-12-9-5-2-6-10-12/h7,9H,1-6,8,10H2. The molecule has 2 aliphatic carbocycles. The number of rotatable bonds is 4. The Hall–Kier alpha value is -0.970. The van der Waals surface area contributed by atoms with Gasteiger partial charge in [-0.05, 0) is 50.7 Å². The molecule has 4 nitrogen and oxygen atoms in total. The number of hydrogen-bond acceptors (Lipinski definition) is 4. The van der Waals surface area contributed by atoms with Crippen LogP contribution in [0.4, 0.5) is 0 Å². The molecule has 0 radical (unpaired) electrons. The van der Waals surface area contributed by atoms with E-state index in [1.807, 2.05) is 12.2 Å². The highest BCUT2D eigenvalue weighted by molar-refractivity contribution is 7.82. The van der Waals surface area contributed by atoms with E-state index in [0.717, 1.165) is 38.5 Å². The molecule has 5 heteroatoms. The molecule has 0 aromatic rings. The minimum absolute atomic E-state index is 0.521. The van der Waals surface area contributed by atoms with Crippen LogP contribution in [0.2, 0.25) is 0 Å². The molecule has 0 fully saturated rings. The lowest BCUT2D eigenvalue weighted by Crippen LogP contribution is -2.12.